The molecule has 0 aliphatic carbocycles. The molecule has 1 heterocycles. The van der Waals surface area contributed by atoms with Gasteiger partial charge in [-0.2, -0.15) is 0 Å². The Morgan fingerprint density at radius 2 is 2.29 bits per heavy atom. The summed E-state index contributed by atoms with van der Waals surface area (Å²) in [4.78, 5) is 0. The molecule has 0 aromatic heterocycles. The predicted molar refractivity (Wildman–Crippen MR) is 70.4 cm³/mol. The Morgan fingerprint density at radius 1 is 1.50 bits per heavy atom. The van der Waals surface area contributed by atoms with Gasteiger partial charge in [-0.3, -0.25) is 0 Å². The summed E-state index contributed by atoms with van der Waals surface area (Å²) in [7, 11) is 0. The first-order valence-corrected chi connectivity index (χ1v) is 6.39. The van der Waals surface area contributed by atoms with Gasteiger partial charge in [0.25, 0.3) is 0 Å². The molecular formula is C12H18BBr. The molecule has 0 aromatic rings. The average molecular weight is 253 g/mol. The summed E-state index contributed by atoms with van der Waals surface area (Å²) < 4.78 is 0. The Labute approximate surface area is 96.4 Å². The van der Waals surface area contributed by atoms with E-state index in [1.165, 1.54) is 12.7 Å². The van der Waals surface area contributed by atoms with Gasteiger partial charge in [0.1, 0.15) is 0 Å². The summed E-state index contributed by atoms with van der Waals surface area (Å²) >= 11 is 3.55. The molecule has 2 heteroatoms. The minimum absolute atomic E-state index is 0.707. The lowest BCUT2D eigenvalue weighted by Crippen LogP contribution is -2.21. The van der Waals surface area contributed by atoms with Crippen LogP contribution in [0, 0.1) is 5.92 Å². The molecule has 0 nitrogen and oxygen atoms in total. The molecule has 0 bridgehead atoms. The molecule has 0 saturated heterocycles. The Kier molecular flexibility index (Phi) is 5.32. The maximum Gasteiger partial charge on any atom is 0.170 e. The van der Waals surface area contributed by atoms with Crippen LogP contribution in [0.25, 0.3) is 0 Å². The third-order valence-corrected chi connectivity index (χ3v) is 3.52. The zero-order valence-electron chi connectivity index (χ0n) is 8.71. The normalized spacial score (nSPS) is 21.6. The van der Waals surface area contributed by atoms with E-state index in [-0.39, 0.29) is 0 Å². The standard InChI is InChI=1S/C12H18BBr/c1-3-5-11-7-12(10-14)9-13(8-11)6-4-2/h3-4,9,11H,1-2,5-8,10H2. The first kappa shape index (κ1) is 11.8. The molecule has 1 aliphatic rings. The lowest BCUT2D eigenvalue weighted by atomic mass is 9.40. The van der Waals surface area contributed by atoms with E-state index < -0.39 is 0 Å². The van der Waals surface area contributed by atoms with Gasteiger partial charge in [0, 0.05) is 5.33 Å². The number of hydrogen-bond donors (Lipinski definition) is 0. The largest absolute Gasteiger partial charge is 0.170 e. The van der Waals surface area contributed by atoms with E-state index in [0.717, 1.165) is 24.0 Å². The van der Waals surface area contributed by atoms with Crippen molar-refractivity contribution in [2.75, 3.05) is 5.33 Å². The lowest BCUT2D eigenvalue weighted by Gasteiger charge is -2.25. The molecule has 1 aliphatic heterocycles. The van der Waals surface area contributed by atoms with E-state index in [1.54, 1.807) is 5.57 Å². The number of alkyl halides is 1. The molecule has 1 rings (SSSR count). The van der Waals surface area contributed by atoms with Gasteiger partial charge >= 0.3 is 0 Å². The fraction of sp³-hybridized carbons (Fsp3) is 0.500. The van der Waals surface area contributed by atoms with Crippen molar-refractivity contribution in [3.8, 4) is 0 Å². The van der Waals surface area contributed by atoms with Crippen LogP contribution < -0.4 is 0 Å². The van der Waals surface area contributed by atoms with Gasteiger partial charge < -0.3 is 0 Å². The molecule has 0 fully saturated rings. The summed E-state index contributed by atoms with van der Waals surface area (Å²) in [6.07, 6.45) is 8.89. The maximum absolute atomic E-state index is 3.83. The van der Waals surface area contributed by atoms with Gasteiger partial charge in [-0.15, -0.1) is 19.1 Å². The minimum atomic E-state index is 0.707. The van der Waals surface area contributed by atoms with E-state index in [9.17, 15) is 0 Å². The highest BCUT2D eigenvalue weighted by Crippen LogP contribution is 2.29. The molecule has 76 valence electrons. The van der Waals surface area contributed by atoms with Crippen molar-refractivity contribution < 1.29 is 0 Å². The van der Waals surface area contributed by atoms with E-state index in [4.69, 9.17) is 0 Å². The predicted octanol–water partition coefficient (Wildman–Crippen LogP) is 4.12. The average Bonchev–Trinajstić information content (AvgIpc) is 2.18. The summed E-state index contributed by atoms with van der Waals surface area (Å²) in [5.74, 6) is 3.23. The Morgan fingerprint density at radius 3 is 2.86 bits per heavy atom. The van der Waals surface area contributed by atoms with Crippen LogP contribution in [-0.2, 0) is 0 Å². The monoisotopic (exact) mass is 252 g/mol. The number of hydrogen-bond acceptors (Lipinski definition) is 0. The molecule has 0 amide bonds. The van der Waals surface area contributed by atoms with E-state index in [2.05, 4.69) is 35.1 Å². The molecule has 1 unspecified atom stereocenters. The number of rotatable bonds is 5. The van der Waals surface area contributed by atoms with Crippen molar-refractivity contribution in [2.45, 2.75) is 25.5 Å². The van der Waals surface area contributed by atoms with E-state index in [0.29, 0.717) is 6.71 Å². The smallest absolute Gasteiger partial charge is 0.115 e. The van der Waals surface area contributed by atoms with Gasteiger partial charge in [0.2, 0.25) is 0 Å². The van der Waals surface area contributed by atoms with Crippen molar-refractivity contribution in [3.63, 3.8) is 0 Å². The molecule has 0 N–H and O–H groups in total. The summed E-state index contributed by atoms with van der Waals surface area (Å²) in [5, 5.41) is 1.02. The Hall–Kier alpha value is -0.235. The third-order valence-electron chi connectivity index (χ3n) is 2.80. The van der Waals surface area contributed by atoms with Gasteiger partial charge in [-0.25, -0.2) is 0 Å². The van der Waals surface area contributed by atoms with Crippen LogP contribution in [0.1, 0.15) is 12.8 Å². The van der Waals surface area contributed by atoms with Crippen molar-refractivity contribution in [3.05, 3.63) is 36.9 Å². The highest BCUT2D eigenvalue weighted by Gasteiger charge is 2.22. The van der Waals surface area contributed by atoms with E-state index in [1.807, 2.05) is 12.2 Å². The Balaban J connectivity index is 2.60. The van der Waals surface area contributed by atoms with Crippen LogP contribution in [0.2, 0.25) is 12.6 Å². The van der Waals surface area contributed by atoms with Crippen molar-refractivity contribution in [1.82, 2.24) is 0 Å². The quantitative estimate of drug-likeness (QED) is 0.392. The minimum Gasteiger partial charge on any atom is -0.115 e. The third kappa shape index (κ3) is 3.49. The van der Waals surface area contributed by atoms with Crippen LogP contribution in [-0.4, -0.2) is 12.0 Å². The maximum atomic E-state index is 3.83. The SMILES string of the molecule is C=CCB1C=C(CBr)CC(CC=C)C1. The molecule has 14 heavy (non-hydrogen) atoms. The zero-order chi connectivity index (χ0) is 10.4. The van der Waals surface area contributed by atoms with Gasteiger partial charge in [-0.05, 0) is 18.8 Å². The molecular weight excluding hydrogens is 235 g/mol. The zero-order valence-corrected chi connectivity index (χ0v) is 10.3. The van der Waals surface area contributed by atoms with Crippen LogP contribution in [0.5, 0.6) is 0 Å². The van der Waals surface area contributed by atoms with Crippen molar-refractivity contribution in [1.29, 1.82) is 0 Å². The first-order chi connectivity index (χ1) is 6.80. The fourth-order valence-electron chi connectivity index (χ4n) is 2.24. The highest BCUT2D eigenvalue weighted by molar-refractivity contribution is 9.09. The highest BCUT2D eigenvalue weighted by atomic mass is 79.9. The van der Waals surface area contributed by atoms with Crippen LogP contribution in [0.4, 0.5) is 0 Å². The molecule has 0 spiro atoms. The molecule has 1 atom stereocenters. The van der Waals surface area contributed by atoms with Gasteiger partial charge in [-0.1, -0.05) is 46.3 Å². The molecule has 0 saturated carbocycles. The summed E-state index contributed by atoms with van der Waals surface area (Å²) in [6.45, 7) is 8.35. The van der Waals surface area contributed by atoms with Crippen molar-refractivity contribution >= 4 is 22.6 Å². The van der Waals surface area contributed by atoms with Crippen LogP contribution >= 0.6 is 15.9 Å². The van der Waals surface area contributed by atoms with Gasteiger partial charge in [0.15, 0.2) is 6.71 Å². The second-order valence-corrected chi connectivity index (χ2v) is 4.63. The second-order valence-electron chi connectivity index (χ2n) is 4.07. The lowest BCUT2D eigenvalue weighted by molar-refractivity contribution is 0.575. The second kappa shape index (κ2) is 6.29. The summed E-state index contributed by atoms with van der Waals surface area (Å²) in [6, 6.07) is 0. The summed E-state index contributed by atoms with van der Waals surface area (Å²) in [5.41, 5.74) is 1.55. The van der Waals surface area contributed by atoms with Gasteiger partial charge in [0.05, 0.1) is 0 Å². The topological polar surface area (TPSA) is 0 Å². The van der Waals surface area contributed by atoms with Crippen molar-refractivity contribution in [2.24, 2.45) is 5.92 Å². The van der Waals surface area contributed by atoms with Crippen LogP contribution in [0.3, 0.4) is 0 Å². The Bertz CT molecular complexity index is 232. The number of allylic oxidation sites excluding steroid dienone is 3. The molecule has 0 aromatic carbocycles. The number of halogens is 1. The molecule has 0 radical (unpaired) electrons. The fourth-order valence-corrected chi connectivity index (χ4v) is 2.66. The van der Waals surface area contributed by atoms with E-state index >= 15 is 0 Å². The van der Waals surface area contributed by atoms with Crippen LogP contribution in [0.15, 0.2) is 36.9 Å². The first-order valence-electron chi connectivity index (χ1n) is 5.27.